The van der Waals surface area contributed by atoms with Crippen molar-refractivity contribution in [3.8, 4) is 5.75 Å². The number of nitrogens with zero attached hydrogens (tertiary/aromatic N) is 3. The summed E-state index contributed by atoms with van der Waals surface area (Å²) in [6.45, 7) is 6.11. The zero-order valence-electron chi connectivity index (χ0n) is 20.9. The van der Waals surface area contributed by atoms with Crippen molar-refractivity contribution in [2.75, 3.05) is 26.2 Å². The van der Waals surface area contributed by atoms with Crippen LogP contribution in [0.1, 0.15) is 54.6 Å². The molecule has 3 aliphatic rings. The Morgan fingerprint density at radius 1 is 1.19 bits per heavy atom. The van der Waals surface area contributed by atoms with E-state index in [1.807, 2.05) is 36.9 Å². The third-order valence-corrected chi connectivity index (χ3v) is 7.87. The van der Waals surface area contributed by atoms with Crippen LogP contribution < -0.4 is 4.74 Å². The summed E-state index contributed by atoms with van der Waals surface area (Å²) in [4.78, 5) is 28.4. The lowest BCUT2D eigenvalue weighted by Crippen LogP contribution is -2.57. The van der Waals surface area contributed by atoms with Crippen molar-refractivity contribution in [2.45, 2.75) is 64.0 Å². The minimum absolute atomic E-state index is 0.175. The number of aromatic amines is 1. The largest absolute Gasteiger partial charge is 0.490 e. The molecule has 1 unspecified atom stereocenters. The number of halogens is 3. The molecule has 200 valence electrons. The normalized spacial score (nSPS) is 22.9. The van der Waals surface area contributed by atoms with Gasteiger partial charge in [-0.2, -0.15) is 18.3 Å². The van der Waals surface area contributed by atoms with Crippen LogP contribution in [0.3, 0.4) is 0 Å². The minimum atomic E-state index is -5.07. The van der Waals surface area contributed by atoms with Gasteiger partial charge < -0.3 is 14.4 Å². The van der Waals surface area contributed by atoms with Crippen LogP contribution >= 0.6 is 0 Å². The van der Waals surface area contributed by atoms with E-state index >= 15 is 0 Å². The molecule has 3 aliphatic heterocycles. The number of fused-ring (bicyclic) bond motifs is 1. The van der Waals surface area contributed by atoms with Crippen LogP contribution in [-0.2, 0) is 22.5 Å². The van der Waals surface area contributed by atoms with E-state index in [-0.39, 0.29) is 18.1 Å². The Morgan fingerprint density at radius 3 is 2.59 bits per heavy atom. The van der Waals surface area contributed by atoms with Gasteiger partial charge in [-0.3, -0.25) is 14.8 Å². The van der Waals surface area contributed by atoms with E-state index in [9.17, 15) is 22.8 Å². The van der Waals surface area contributed by atoms with Gasteiger partial charge >= 0.3 is 12.1 Å². The van der Waals surface area contributed by atoms with Crippen LogP contribution in [0.2, 0.25) is 0 Å². The molecule has 4 heterocycles. The van der Waals surface area contributed by atoms with Crippen LogP contribution in [0.25, 0.3) is 0 Å². The van der Waals surface area contributed by atoms with Gasteiger partial charge in [0, 0.05) is 49.8 Å². The molecule has 5 rings (SSSR count). The number of amides is 1. The molecule has 0 saturated carbocycles. The summed E-state index contributed by atoms with van der Waals surface area (Å²) < 4.78 is 50.9. The maximum absolute atomic E-state index is 13.2. The Labute approximate surface area is 213 Å². The number of esters is 1. The van der Waals surface area contributed by atoms with Crippen molar-refractivity contribution in [3.63, 3.8) is 0 Å². The number of H-pyrrole nitrogens is 1. The molecule has 1 amide bonds. The van der Waals surface area contributed by atoms with Crippen molar-refractivity contribution in [1.29, 1.82) is 0 Å². The zero-order valence-corrected chi connectivity index (χ0v) is 20.9. The molecular formula is C26H31F3N4O4. The highest BCUT2D eigenvalue weighted by Gasteiger charge is 2.51. The summed E-state index contributed by atoms with van der Waals surface area (Å²) in [5.41, 5.74) is 1.59. The summed E-state index contributed by atoms with van der Waals surface area (Å²) >= 11 is 0. The molecule has 0 bridgehead atoms. The summed E-state index contributed by atoms with van der Waals surface area (Å²) in [5.74, 6) is -1.50. The Bertz CT molecular complexity index is 1160. The molecule has 1 aromatic heterocycles. The first kappa shape index (κ1) is 25.6. The molecule has 8 nitrogen and oxygen atoms in total. The fourth-order valence-electron chi connectivity index (χ4n) is 5.89. The van der Waals surface area contributed by atoms with Gasteiger partial charge in [-0.05, 0) is 45.2 Å². The SMILES string of the molecule is CC1(C)Cc2cccc(CN3CCC4(CCN(C(=O)c5cn[nH]c5)CC4)C(OC(=O)C(F)(F)F)C3)c2O1. The van der Waals surface area contributed by atoms with Crippen LogP contribution in [0.15, 0.2) is 30.6 Å². The highest BCUT2D eigenvalue weighted by atomic mass is 19.4. The van der Waals surface area contributed by atoms with E-state index in [1.165, 1.54) is 12.4 Å². The maximum atomic E-state index is 13.2. The van der Waals surface area contributed by atoms with Crippen LogP contribution in [0, 0.1) is 5.41 Å². The highest BCUT2D eigenvalue weighted by Crippen LogP contribution is 2.45. The van der Waals surface area contributed by atoms with E-state index in [4.69, 9.17) is 9.47 Å². The lowest BCUT2D eigenvalue weighted by molar-refractivity contribution is -0.216. The molecule has 2 saturated heterocycles. The first-order chi connectivity index (χ1) is 17.5. The highest BCUT2D eigenvalue weighted by molar-refractivity contribution is 5.93. The topological polar surface area (TPSA) is 87.8 Å². The van der Waals surface area contributed by atoms with Crippen molar-refractivity contribution >= 4 is 11.9 Å². The smallest absolute Gasteiger partial charge is 0.487 e. The van der Waals surface area contributed by atoms with E-state index in [1.54, 1.807) is 4.90 Å². The molecular weight excluding hydrogens is 489 g/mol. The predicted molar refractivity (Wildman–Crippen MR) is 127 cm³/mol. The number of aromatic nitrogens is 2. The number of rotatable bonds is 4. The van der Waals surface area contributed by atoms with Gasteiger partial charge in [0.2, 0.25) is 0 Å². The zero-order chi connectivity index (χ0) is 26.4. The number of nitrogens with one attached hydrogen (secondary N) is 1. The molecule has 0 aliphatic carbocycles. The maximum Gasteiger partial charge on any atom is 0.490 e. The lowest BCUT2D eigenvalue weighted by atomic mass is 9.69. The number of benzene rings is 1. The van der Waals surface area contributed by atoms with Crippen molar-refractivity contribution in [2.24, 2.45) is 5.41 Å². The minimum Gasteiger partial charge on any atom is -0.487 e. The number of likely N-dealkylation sites (tertiary alicyclic amines) is 2. The standard InChI is InChI=1S/C26H31F3N4O4/c1-24(2)12-17-4-3-5-18(21(17)37-24)15-32-9-6-25(20(16-32)36-23(35)26(27,28)29)7-10-33(11-8-25)22(34)19-13-30-31-14-19/h3-5,13-14,20H,6-12,15-16H2,1-2H3,(H,30,31). The Kier molecular flexibility index (Phi) is 6.45. The predicted octanol–water partition coefficient (Wildman–Crippen LogP) is 3.73. The fourth-order valence-corrected chi connectivity index (χ4v) is 5.89. The number of ether oxygens (including phenoxy) is 2. The molecule has 2 aromatic rings. The van der Waals surface area contributed by atoms with Gasteiger partial charge in [0.1, 0.15) is 17.5 Å². The summed E-state index contributed by atoms with van der Waals surface area (Å²) in [6.07, 6.45) is -0.765. The molecule has 2 fully saturated rings. The Hall–Kier alpha value is -3.08. The van der Waals surface area contributed by atoms with Gasteiger partial charge in [-0.1, -0.05) is 18.2 Å². The van der Waals surface area contributed by atoms with E-state index in [0.717, 1.165) is 23.3 Å². The van der Waals surface area contributed by atoms with Crippen molar-refractivity contribution < 1.29 is 32.2 Å². The lowest BCUT2D eigenvalue weighted by Gasteiger charge is -2.51. The van der Waals surface area contributed by atoms with Crippen molar-refractivity contribution in [3.05, 3.63) is 47.3 Å². The van der Waals surface area contributed by atoms with Crippen LogP contribution in [0.5, 0.6) is 5.75 Å². The monoisotopic (exact) mass is 520 g/mol. The molecule has 1 N–H and O–H groups in total. The van der Waals surface area contributed by atoms with Gasteiger partial charge in [0.25, 0.3) is 5.91 Å². The number of hydrogen-bond acceptors (Lipinski definition) is 6. The second kappa shape index (κ2) is 9.34. The number of para-hydroxylation sites is 1. The molecule has 1 aromatic carbocycles. The molecule has 1 spiro atoms. The Balaban J connectivity index is 1.32. The van der Waals surface area contributed by atoms with Gasteiger partial charge in [0.05, 0.1) is 11.8 Å². The molecule has 0 radical (unpaired) electrons. The van der Waals surface area contributed by atoms with Crippen LogP contribution in [-0.4, -0.2) is 75.9 Å². The quantitative estimate of drug-likeness (QED) is 0.619. The van der Waals surface area contributed by atoms with E-state index < -0.39 is 23.7 Å². The molecule has 37 heavy (non-hydrogen) atoms. The average Bonchev–Trinajstić information content (AvgIpc) is 3.48. The number of alkyl halides is 3. The van der Waals surface area contributed by atoms with Gasteiger partial charge in [0.15, 0.2) is 0 Å². The summed E-state index contributed by atoms with van der Waals surface area (Å²) in [5, 5.41) is 6.43. The summed E-state index contributed by atoms with van der Waals surface area (Å²) in [7, 11) is 0. The average molecular weight is 521 g/mol. The molecule has 1 atom stereocenters. The van der Waals surface area contributed by atoms with Gasteiger partial charge in [-0.15, -0.1) is 0 Å². The third kappa shape index (κ3) is 5.18. The Morgan fingerprint density at radius 2 is 1.92 bits per heavy atom. The van der Waals surface area contributed by atoms with Gasteiger partial charge in [-0.25, -0.2) is 4.79 Å². The van der Waals surface area contributed by atoms with Crippen LogP contribution in [0.4, 0.5) is 13.2 Å². The second-order valence-electron chi connectivity index (χ2n) is 11.0. The first-order valence-electron chi connectivity index (χ1n) is 12.5. The molecule has 11 heteroatoms. The van der Waals surface area contributed by atoms with E-state index in [2.05, 4.69) is 10.2 Å². The van der Waals surface area contributed by atoms with E-state index in [0.29, 0.717) is 51.0 Å². The number of carbonyl (C=O) groups is 2. The second-order valence-corrected chi connectivity index (χ2v) is 11.0. The number of carbonyl (C=O) groups excluding carboxylic acids is 2. The first-order valence-corrected chi connectivity index (χ1v) is 12.5. The fraction of sp³-hybridized carbons (Fsp3) is 0.577. The number of piperidine rings is 2. The number of hydrogen-bond donors (Lipinski definition) is 1. The van der Waals surface area contributed by atoms with Crippen molar-refractivity contribution in [1.82, 2.24) is 20.0 Å². The third-order valence-electron chi connectivity index (χ3n) is 7.87. The summed E-state index contributed by atoms with van der Waals surface area (Å²) in [6, 6.07) is 5.98.